The number of halogens is 2. The van der Waals surface area contributed by atoms with Crippen LogP contribution in [0, 0.1) is 11.8 Å². The van der Waals surface area contributed by atoms with E-state index in [1.54, 1.807) is 6.07 Å². The number of nitrogens with two attached hydrogens (primary N) is 1. The molecule has 0 saturated carbocycles. The maximum absolute atomic E-state index is 12.8. The molecule has 1 amide bonds. The number of nitrogens with zero attached hydrogens (tertiary/aromatic N) is 1. The van der Waals surface area contributed by atoms with E-state index in [1.807, 2.05) is 0 Å². The summed E-state index contributed by atoms with van der Waals surface area (Å²) in [6.07, 6.45) is 5.11. The first-order valence-corrected chi connectivity index (χ1v) is 10.8. The molecule has 6 nitrogen and oxygen atoms in total. The predicted octanol–water partition coefficient (Wildman–Crippen LogP) is 3.15. The van der Waals surface area contributed by atoms with Gasteiger partial charge in [-0.05, 0) is 63.1 Å². The molecular weight excluding hydrogens is 413 g/mol. The van der Waals surface area contributed by atoms with Gasteiger partial charge in [-0.2, -0.15) is 0 Å². The summed E-state index contributed by atoms with van der Waals surface area (Å²) in [6, 6.07) is 1.64. The van der Waals surface area contributed by atoms with E-state index in [1.165, 1.54) is 6.42 Å². The number of carbonyl (C=O) groups excluding carboxylic acids is 1. The molecule has 0 bridgehead atoms. The highest BCUT2D eigenvalue weighted by atomic mass is 35.5. The molecule has 0 spiro atoms. The van der Waals surface area contributed by atoms with Crippen LogP contribution in [0.15, 0.2) is 6.07 Å². The van der Waals surface area contributed by atoms with Gasteiger partial charge < -0.3 is 25.4 Å². The van der Waals surface area contributed by atoms with E-state index < -0.39 is 0 Å². The smallest absolute Gasteiger partial charge is 0.255 e. The molecule has 3 aliphatic rings. The standard InChI is InChI=1S/C21H30ClN3O3.ClH/c22-18-10-17(20-16(19(18)23)2-1-8-28-20)21(26)24-11-14-3-6-25(7-4-14)12-15-5-9-27-13-15;/h10,14-15H,1-9,11-13,23H2,(H,24,26);1H/t15-;/m1./s1. The summed E-state index contributed by atoms with van der Waals surface area (Å²) >= 11 is 6.25. The van der Waals surface area contributed by atoms with Crippen molar-refractivity contribution in [3.8, 4) is 5.75 Å². The number of nitrogen functional groups attached to an aromatic ring is 1. The van der Waals surface area contributed by atoms with Gasteiger partial charge in [0.05, 0.1) is 29.5 Å². The van der Waals surface area contributed by atoms with Crippen molar-refractivity contribution in [3.63, 3.8) is 0 Å². The highest BCUT2D eigenvalue weighted by Gasteiger charge is 2.26. The second-order valence-corrected chi connectivity index (χ2v) is 8.67. The lowest BCUT2D eigenvalue weighted by Crippen LogP contribution is -2.40. The first-order chi connectivity index (χ1) is 13.6. The summed E-state index contributed by atoms with van der Waals surface area (Å²) < 4.78 is 11.2. The number of benzene rings is 1. The molecule has 0 aliphatic carbocycles. The zero-order chi connectivity index (χ0) is 19.5. The number of rotatable bonds is 5. The van der Waals surface area contributed by atoms with Crippen molar-refractivity contribution in [2.75, 3.05) is 51.7 Å². The van der Waals surface area contributed by atoms with Gasteiger partial charge in [-0.1, -0.05) is 11.6 Å². The van der Waals surface area contributed by atoms with E-state index in [0.29, 0.717) is 47.0 Å². The molecule has 0 unspecified atom stereocenters. The van der Waals surface area contributed by atoms with Crippen molar-refractivity contribution in [2.45, 2.75) is 32.1 Å². The van der Waals surface area contributed by atoms with Crippen molar-refractivity contribution in [2.24, 2.45) is 11.8 Å². The Morgan fingerprint density at radius 2 is 2.03 bits per heavy atom. The molecule has 29 heavy (non-hydrogen) atoms. The molecule has 3 aliphatic heterocycles. The van der Waals surface area contributed by atoms with E-state index >= 15 is 0 Å². The van der Waals surface area contributed by atoms with Crippen LogP contribution in [0.1, 0.15) is 41.6 Å². The Kier molecular flexibility index (Phi) is 7.91. The molecular formula is C21H31Cl2N3O3. The average molecular weight is 444 g/mol. The molecule has 3 heterocycles. The lowest BCUT2D eigenvalue weighted by molar-refractivity contribution is 0.0926. The van der Waals surface area contributed by atoms with Gasteiger partial charge in [-0.25, -0.2) is 0 Å². The predicted molar refractivity (Wildman–Crippen MR) is 117 cm³/mol. The zero-order valence-electron chi connectivity index (χ0n) is 16.8. The van der Waals surface area contributed by atoms with Crippen molar-refractivity contribution in [1.82, 2.24) is 10.2 Å². The number of carbonyl (C=O) groups is 1. The third-order valence-corrected chi connectivity index (χ3v) is 6.55. The largest absolute Gasteiger partial charge is 0.492 e. The van der Waals surface area contributed by atoms with E-state index in [2.05, 4.69) is 10.2 Å². The zero-order valence-corrected chi connectivity index (χ0v) is 18.3. The van der Waals surface area contributed by atoms with E-state index in [4.69, 9.17) is 26.8 Å². The van der Waals surface area contributed by atoms with Gasteiger partial charge in [0.2, 0.25) is 0 Å². The second-order valence-electron chi connectivity index (χ2n) is 8.26. The normalized spacial score (nSPS) is 22.4. The molecule has 1 aromatic rings. The summed E-state index contributed by atoms with van der Waals surface area (Å²) in [7, 11) is 0. The van der Waals surface area contributed by atoms with E-state index in [0.717, 1.165) is 64.1 Å². The molecule has 8 heteroatoms. The van der Waals surface area contributed by atoms with Crippen LogP contribution >= 0.6 is 24.0 Å². The van der Waals surface area contributed by atoms with Crippen molar-refractivity contribution in [3.05, 3.63) is 22.2 Å². The average Bonchev–Trinajstić information content (AvgIpc) is 3.23. The number of nitrogens with one attached hydrogen (secondary N) is 1. The minimum Gasteiger partial charge on any atom is -0.492 e. The third kappa shape index (κ3) is 5.29. The number of hydrogen-bond acceptors (Lipinski definition) is 5. The molecule has 2 fully saturated rings. The summed E-state index contributed by atoms with van der Waals surface area (Å²) in [6.45, 7) is 6.47. The topological polar surface area (TPSA) is 76.8 Å². The van der Waals surface area contributed by atoms with Crippen molar-refractivity contribution >= 4 is 35.6 Å². The number of hydrogen-bond donors (Lipinski definition) is 2. The molecule has 3 N–H and O–H groups in total. The van der Waals surface area contributed by atoms with Gasteiger partial charge in [0, 0.05) is 25.3 Å². The number of likely N-dealkylation sites (tertiary alicyclic amines) is 1. The minimum atomic E-state index is -0.120. The molecule has 1 aromatic carbocycles. The van der Waals surface area contributed by atoms with Gasteiger partial charge >= 0.3 is 0 Å². The van der Waals surface area contributed by atoms with Crippen LogP contribution in [-0.4, -0.2) is 56.8 Å². The summed E-state index contributed by atoms with van der Waals surface area (Å²) in [5, 5.41) is 3.53. The van der Waals surface area contributed by atoms with Gasteiger partial charge in [-0.15, -0.1) is 12.4 Å². The van der Waals surface area contributed by atoms with Crippen LogP contribution in [0.2, 0.25) is 5.02 Å². The third-order valence-electron chi connectivity index (χ3n) is 6.23. The number of anilines is 1. The SMILES string of the molecule is Cl.Nc1c(Cl)cc(C(=O)NCC2CCN(C[C@H]3CCOC3)CC2)c2c1CCCO2. The van der Waals surface area contributed by atoms with Crippen molar-refractivity contribution < 1.29 is 14.3 Å². The Morgan fingerprint density at radius 1 is 1.24 bits per heavy atom. The summed E-state index contributed by atoms with van der Waals surface area (Å²) in [5.74, 6) is 1.70. The Morgan fingerprint density at radius 3 is 2.76 bits per heavy atom. The first kappa shape index (κ1) is 22.5. The van der Waals surface area contributed by atoms with Gasteiger partial charge in [0.25, 0.3) is 5.91 Å². The number of amides is 1. The molecule has 162 valence electrons. The maximum atomic E-state index is 12.8. The van der Waals surface area contributed by atoms with Crippen LogP contribution in [0.25, 0.3) is 0 Å². The Bertz CT molecular complexity index is 718. The monoisotopic (exact) mass is 443 g/mol. The Labute approximate surface area is 183 Å². The van der Waals surface area contributed by atoms with E-state index in [-0.39, 0.29) is 18.3 Å². The van der Waals surface area contributed by atoms with Crippen LogP contribution in [0.4, 0.5) is 5.69 Å². The quantitative estimate of drug-likeness (QED) is 0.683. The van der Waals surface area contributed by atoms with Crippen LogP contribution in [-0.2, 0) is 11.2 Å². The Hall–Kier alpha value is -1.21. The second kappa shape index (κ2) is 10.2. The number of piperidine rings is 1. The molecule has 0 radical (unpaired) electrons. The highest BCUT2D eigenvalue weighted by molar-refractivity contribution is 6.33. The number of ether oxygens (including phenoxy) is 2. The van der Waals surface area contributed by atoms with Gasteiger partial charge in [-0.3, -0.25) is 4.79 Å². The van der Waals surface area contributed by atoms with Crippen molar-refractivity contribution in [1.29, 1.82) is 0 Å². The fourth-order valence-electron chi connectivity index (χ4n) is 4.50. The first-order valence-electron chi connectivity index (χ1n) is 10.4. The molecule has 1 atom stereocenters. The van der Waals surface area contributed by atoms with Gasteiger partial charge in [0.1, 0.15) is 5.75 Å². The highest BCUT2D eigenvalue weighted by Crippen LogP contribution is 2.38. The molecule has 0 aromatic heterocycles. The fourth-order valence-corrected chi connectivity index (χ4v) is 4.72. The van der Waals surface area contributed by atoms with Gasteiger partial charge in [0.15, 0.2) is 0 Å². The van der Waals surface area contributed by atoms with Crippen LogP contribution in [0.5, 0.6) is 5.75 Å². The maximum Gasteiger partial charge on any atom is 0.255 e. The summed E-state index contributed by atoms with van der Waals surface area (Å²) in [5.41, 5.74) is 7.99. The molecule has 4 rings (SSSR count). The molecule has 2 saturated heterocycles. The summed E-state index contributed by atoms with van der Waals surface area (Å²) in [4.78, 5) is 15.3. The van der Waals surface area contributed by atoms with E-state index in [9.17, 15) is 4.79 Å². The van der Waals surface area contributed by atoms with Crippen LogP contribution < -0.4 is 15.8 Å². The lowest BCUT2D eigenvalue weighted by Gasteiger charge is -2.33. The Balaban J connectivity index is 0.00000240. The minimum absolute atomic E-state index is 0. The fraction of sp³-hybridized carbons (Fsp3) is 0.667. The van der Waals surface area contributed by atoms with Crippen LogP contribution in [0.3, 0.4) is 0 Å². The lowest BCUT2D eigenvalue weighted by atomic mass is 9.95. The number of fused-ring (bicyclic) bond motifs is 1.